The molecular weight excluding hydrogens is 940 g/mol. The first-order chi connectivity index (χ1) is 34.2. The van der Waals surface area contributed by atoms with Crippen LogP contribution < -0.4 is 44.7 Å². The molecule has 2 aliphatic rings. The molecule has 5 aromatic rings. The van der Waals surface area contributed by atoms with E-state index in [9.17, 15) is 19.8 Å². The van der Waals surface area contributed by atoms with Gasteiger partial charge < -0.3 is 83.9 Å². The number of aliphatic hydroxyl groups excluding tert-OH is 2. The maximum absolute atomic E-state index is 14.5. The molecule has 71 heavy (non-hydrogen) atoms. The van der Waals surface area contributed by atoms with Crippen LogP contribution in [-0.4, -0.2) is 200 Å². The van der Waals surface area contributed by atoms with Crippen LogP contribution in [0, 0.1) is 12.3 Å². The van der Waals surface area contributed by atoms with Crippen molar-refractivity contribution in [2.24, 2.45) is 17.2 Å². The number of aliphatic hydroxyl groups is 2. The van der Waals surface area contributed by atoms with E-state index in [-0.39, 0.29) is 44.0 Å². The first-order valence-electron chi connectivity index (χ1n) is 23.8. The Morgan fingerprint density at radius 1 is 0.761 bits per heavy atom. The van der Waals surface area contributed by atoms with Gasteiger partial charge in [-0.1, -0.05) is 34.5 Å². The van der Waals surface area contributed by atoms with Crippen LogP contribution in [-0.2, 0) is 30.2 Å². The van der Waals surface area contributed by atoms with Crippen LogP contribution >= 0.6 is 0 Å². The van der Waals surface area contributed by atoms with Crippen molar-refractivity contribution in [3.63, 3.8) is 0 Å². The Hall–Kier alpha value is -6.08. The van der Waals surface area contributed by atoms with Crippen LogP contribution in [0.4, 0.5) is 17.8 Å². The smallest absolute Gasteiger partial charge is 0.248 e. The van der Waals surface area contributed by atoms with Crippen LogP contribution in [0.3, 0.4) is 0 Å². The lowest BCUT2D eigenvalue weighted by atomic mass is 10.1. The Morgan fingerprint density at radius 2 is 1.31 bits per heavy atom. The Labute approximate surface area is 418 Å². The number of carbonyl (C=O) groups is 2. The number of benzene rings is 1. The number of aromatic amines is 1. The Bertz CT molecular complexity index is 2420. The highest BCUT2D eigenvalue weighted by Crippen LogP contribution is 2.26. The van der Waals surface area contributed by atoms with E-state index in [4.69, 9.17) is 52.8 Å². The van der Waals surface area contributed by atoms with Crippen LogP contribution in [0.5, 0.6) is 0 Å². The number of unbranched alkanes of at least 4 members (excludes halogenated alkanes) is 1. The number of rotatable bonds is 27. The summed E-state index contributed by atoms with van der Waals surface area (Å²) in [7, 11) is 0. The molecule has 26 heteroatoms. The van der Waals surface area contributed by atoms with Gasteiger partial charge >= 0.3 is 0 Å². The quantitative estimate of drug-likeness (QED) is 0.0194. The summed E-state index contributed by atoms with van der Waals surface area (Å²) < 4.78 is 19.6. The molecule has 386 valence electrons. The SMILES string of the molecule is C#CCOCCOCCOCCNc1nc(N2CCN(C(=O)[C@H](CCCCN)n3cc([C@@H](N)CO)nn3)CC2)nc(N2CCN(C(=O)[C@H](Cc3cc4ccccc4[nH]3)n3cc([C@@H](N)CO)nn3)CC2)n1.[Cl-]. The van der Waals surface area contributed by atoms with Crippen LogP contribution in [0.1, 0.15) is 60.5 Å². The van der Waals surface area contributed by atoms with Crippen molar-refractivity contribution in [3.05, 3.63) is 59.8 Å². The number of ether oxygens (including phenoxy) is 3. The van der Waals surface area contributed by atoms with Gasteiger partial charge in [-0.05, 0) is 43.3 Å². The van der Waals surface area contributed by atoms with E-state index >= 15 is 0 Å². The summed E-state index contributed by atoms with van der Waals surface area (Å²) in [5.74, 6) is 3.42. The molecule has 0 unspecified atom stereocenters. The predicted molar refractivity (Wildman–Crippen MR) is 258 cm³/mol. The zero-order valence-corrected chi connectivity index (χ0v) is 40.6. The number of anilines is 3. The van der Waals surface area contributed by atoms with Crippen molar-refractivity contribution in [3.8, 4) is 12.3 Å². The van der Waals surface area contributed by atoms with Crippen LogP contribution in [0.25, 0.3) is 10.9 Å². The highest BCUT2D eigenvalue weighted by molar-refractivity contribution is 5.83. The van der Waals surface area contributed by atoms with Gasteiger partial charge in [-0.3, -0.25) is 9.59 Å². The van der Waals surface area contributed by atoms with Gasteiger partial charge in [0.15, 0.2) is 0 Å². The molecule has 0 aliphatic carbocycles. The van der Waals surface area contributed by atoms with Gasteiger partial charge in [0.05, 0.1) is 70.7 Å². The molecule has 2 aliphatic heterocycles. The van der Waals surface area contributed by atoms with Gasteiger partial charge in [-0.2, -0.15) is 15.0 Å². The van der Waals surface area contributed by atoms with Crippen molar-refractivity contribution >= 4 is 40.6 Å². The minimum Gasteiger partial charge on any atom is -1.00 e. The number of nitrogens with two attached hydrogens (primary N) is 3. The second-order valence-corrected chi connectivity index (χ2v) is 17.0. The monoisotopic (exact) mass is 1010 g/mol. The zero-order chi connectivity index (χ0) is 49.2. The van der Waals surface area contributed by atoms with Crippen LogP contribution in [0.15, 0.2) is 42.7 Å². The van der Waals surface area contributed by atoms with Gasteiger partial charge in [-0.25, -0.2) is 9.36 Å². The predicted octanol–water partition coefficient (Wildman–Crippen LogP) is -4.23. The minimum absolute atomic E-state index is 0. The third-order valence-electron chi connectivity index (χ3n) is 12.2. The summed E-state index contributed by atoms with van der Waals surface area (Å²) in [5.41, 5.74) is 20.5. The zero-order valence-electron chi connectivity index (χ0n) is 39.8. The molecule has 10 N–H and O–H groups in total. The maximum atomic E-state index is 14.5. The van der Waals surface area contributed by atoms with Crippen molar-refractivity contribution in [1.82, 2.24) is 59.7 Å². The number of terminal acetylenes is 1. The van der Waals surface area contributed by atoms with Gasteiger partial charge in [0.2, 0.25) is 29.7 Å². The number of hydrogen-bond acceptors (Lipinski definition) is 20. The van der Waals surface area contributed by atoms with E-state index in [0.29, 0.717) is 141 Å². The number of H-pyrrole nitrogens is 1. The maximum Gasteiger partial charge on any atom is 0.248 e. The van der Waals surface area contributed by atoms with Crippen molar-refractivity contribution in [2.75, 3.05) is 133 Å². The highest BCUT2D eigenvalue weighted by atomic mass is 35.5. The summed E-state index contributed by atoms with van der Waals surface area (Å²) in [5, 5.41) is 40.4. The Balaban J connectivity index is 0.00000825. The lowest BCUT2D eigenvalue weighted by molar-refractivity contribution is -0.136. The van der Waals surface area contributed by atoms with Crippen molar-refractivity contribution in [2.45, 2.75) is 49.9 Å². The average molecular weight is 1010 g/mol. The van der Waals surface area contributed by atoms with E-state index in [0.717, 1.165) is 29.4 Å². The highest BCUT2D eigenvalue weighted by Gasteiger charge is 2.34. The average Bonchev–Trinajstić information content (AvgIpc) is 4.19. The molecule has 2 fully saturated rings. The molecule has 7 rings (SSSR count). The summed E-state index contributed by atoms with van der Waals surface area (Å²) in [6, 6.07) is 7.16. The van der Waals surface area contributed by atoms with Gasteiger partial charge in [-0.15, -0.1) is 16.6 Å². The fraction of sp³-hybridized carbons (Fsp3) is 0.578. The number of nitrogens with zero attached hydrogens (tertiary/aromatic N) is 13. The molecular formula is C45H66ClN18O7-. The topological polar surface area (TPSA) is 321 Å². The molecule has 6 heterocycles. The first kappa shape index (κ1) is 54.3. The number of carbonyl (C=O) groups excluding carboxylic acids is 2. The first-order valence-corrected chi connectivity index (χ1v) is 23.8. The molecule has 0 saturated carbocycles. The van der Waals surface area contributed by atoms with E-state index in [1.807, 2.05) is 49.9 Å². The summed E-state index contributed by atoms with van der Waals surface area (Å²) in [6.07, 6.45) is 10.8. The second kappa shape index (κ2) is 27.5. The van der Waals surface area contributed by atoms with Crippen molar-refractivity contribution < 1.29 is 46.4 Å². The number of hydrogen-bond donors (Lipinski definition) is 7. The molecule has 2 amide bonds. The number of aromatic nitrogens is 10. The van der Waals surface area contributed by atoms with Crippen LogP contribution in [0.2, 0.25) is 0 Å². The van der Waals surface area contributed by atoms with Gasteiger partial charge in [0, 0.05) is 76.5 Å². The summed E-state index contributed by atoms with van der Waals surface area (Å²) >= 11 is 0. The van der Waals surface area contributed by atoms with E-state index in [1.54, 1.807) is 12.4 Å². The van der Waals surface area contributed by atoms with E-state index in [2.05, 4.69) is 36.8 Å². The number of nitrogens with one attached hydrogen (secondary N) is 2. The minimum atomic E-state index is -0.738. The lowest BCUT2D eigenvalue weighted by Crippen LogP contribution is -3.00. The summed E-state index contributed by atoms with van der Waals surface area (Å²) in [4.78, 5) is 54.3. The van der Waals surface area contributed by atoms with E-state index < -0.39 is 24.2 Å². The van der Waals surface area contributed by atoms with E-state index in [1.165, 1.54) is 9.36 Å². The standard InChI is InChI=1S/C45H66N18O7.ClH/c1-2-20-68-22-24-70-25-23-69-21-11-49-43-51-44(60-16-12-58(13-17-60)41(66)39(9-5-6-10-46)62-28-37(54-56-62)34(47)30-64)53-45(52-43)61-18-14-59(15-19-61)42(67)40(63-29-38(55-57-63)35(48)31-65)27-33-26-32-7-3-4-8-36(32)50-33;/h1,3-4,7-8,26,28-29,34-35,39-40,50,64-65H,5-6,9-25,27,30-31,46-48H2,(H,49,51,52,53);1H/p-1/t34-,35-,39-,40-;/m0./s1. The third-order valence-corrected chi connectivity index (χ3v) is 12.2. The number of halogens is 1. The largest absolute Gasteiger partial charge is 1.00 e. The molecule has 0 radical (unpaired) electrons. The molecule has 2 saturated heterocycles. The molecule has 1 aromatic carbocycles. The Kier molecular flexibility index (Phi) is 21.0. The number of piperazine rings is 2. The van der Waals surface area contributed by atoms with Crippen molar-refractivity contribution in [1.29, 1.82) is 0 Å². The number of amides is 2. The fourth-order valence-corrected chi connectivity index (χ4v) is 8.21. The third kappa shape index (κ3) is 14.7. The summed E-state index contributed by atoms with van der Waals surface area (Å²) in [6.45, 7) is 5.84. The fourth-order valence-electron chi connectivity index (χ4n) is 8.21. The molecule has 4 aromatic heterocycles. The lowest BCUT2D eigenvalue weighted by Gasteiger charge is -2.38. The molecule has 0 bridgehead atoms. The Morgan fingerprint density at radius 3 is 1.87 bits per heavy atom. The number of fused-ring (bicyclic) bond motifs is 1. The van der Waals surface area contributed by atoms with Gasteiger partial charge in [0.25, 0.3) is 0 Å². The number of para-hydroxylation sites is 1. The normalized spacial score (nSPS) is 15.8. The van der Waals surface area contributed by atoms with Gasteiger partial charge in [0.1, 0.15) is 30.1 Å². The second-order valence-electron chi connectivity index (χ2n) is 17.0. The molecule has 0 spiro atoms. The molecule has 25 nitrogen and oxygen atoms in total. The molecule has 4 atom stereocenters.